The number of nitrogens with one attached hydrogen (secondary N) is 1. The molecule has 0 fully saturated rings. The quantitative estimate of drug-likeness (QED) is 0.255. The van der Waals surface area contributed by atoms with Crippen molar-refractivity contribution in [3.05, 3.63) is 24.3 Å². The zero-order valence-corrected chi connectivity index (χ0v) is 8.73. The van der Waals surface area contributed by atoms with Crippen LogP contribution in [0.5, 0.6) is 0 Å². The topological polar surface area (TPSA) is 49.9 Å². The summed E-state index contributed by atoms with van der Waals surface area (Å²) in [5.41, 5.74) is 5.12. The van der Waals surface area contributed by atoms with Crippen LogP contribution < -0.4 is 5.73 Å². The molecule has 10 heavy (non-hydrogen) atoms. The Morgan fingerprint density at radius 3 is 2.30 bits per heavy atom. The first-order valence-electron chi connectivity index (χ1n) is 2.52. The summed E-state index contributed by atoms with van der Waals surface area (Å²) in [5.74, 6) is 0. The number of rotatable bonds is 2. The predicted molar refractivity (Wildman–Crippen MR) is 40.6 cm³/mol. The zero-order chi connectivity index (χ0) is 8.41. The second kappa shape index (κ2) is 11.3. The first kappa shape index (κ1) is 12.2. The SMILES string of the molecule is N=[C-]N.[CH-]=C(C)/C=C\[CH]=[W]. The Hall–Kier alpha value is -0.492. The Morgan fingerprint density at radius 2 is 2.20 bits per heavy atom. The molecule has 0 amide bonds. The van der Waals surface area contributed by atoms with Crippen LogP contribution in [0.3, 0.4) is 0 Å². The predicted octanol–water partition coefficient (Wildman–Crippen LogP) is 0.700. The monoisotopic (exact) mass is 306 g/mol. The van der Waals surface area contributed by atoms with Gasteiger partial charge in [0, 0.05) is 0 Å². The van der Waals surface area contributed by atoms with Gasteiger partial charge in [-0.25, -0.2) is 0 Å². The normalized spacial score (nSPS) is 7.70. The average Bonchev–Trinajstić information content (AvgIpc) is 1.85. The molecule has 56 valence electrons. The maximum atomic E-state index is 5.74. The molecule has 0 radical (unpaired) electrons. The van der Waals surface area contributed by atoms with E-state index < -0.39 is 0 Å². The van der Waals surface area contributed by atoms with Crippen LogP contribution in [-0.4, -0.2) is 10.7 Å². The second-order valence-corrected chi connectivity index (χ2v) is 2.36. The standard InChI is InChI=1S/C6H7.CH3N2.W/c1-4-5-6(2)3;2-1-3;/h1-2,4-5H,3H3;(H3,2,3);/q2*-1;/b5-4-;;. The molecule has 3 N–H and O–H groups in total. The number of nitrogens with two attached hydrogens (primary N) is 1. The average molecular weight is 306 g/mol. The molecule has 3 heteroatoms. The van der Waals surface area contributed by atoms with Gasteiger partial charge >= 0.3 is 55.0 Å². The summed E-state index contributed by atoms with van der Waals surface area (Å²) in [6.45, 7) is 7.17. The summed E-state index contributed by atoms with van der Waals surface area (Å²) >= 11 is 1.45. The van der Waals surface area contributed by atoms with Crippen molar-refractivity contribution in [3.8, 4) is 0 Å². The van der Waals surface area contributed by atoms with Crippen LogP contribution in [0.25, 0.3) is 0 Å². The number of allylic oxidation sites excluding steroid dienone is 3. The molecule has 0 heterocycles. The molecular weight excluding hydrogens is 296 g/mol. The van der Waals surface area contributed by atoms with Crippen LogP contribution in [-0.2, 0) is 19.4 Å². The summed E-state index contributed by atoms with van der Waals surface area (Å²) in [4.78, 5) is 0. The van der Waals surface area contributed by atoms with Gasteiger partial charge in [0.25, 0.3) is 0 Å². The molecule has 0 aromatic heterocycles. The first-order chi connectivity index (χ1) is 4.68. The Morgan fingerprint density at radius 1 is 1.80 bits per heavy atom. The van der Waals surface area contributed by atoms with Crippen molar-refractivity contribution < 1.29 is 19.4 Å². The van der Waals surface area contributed by atoms with E-state index in [2.05, 4.69) is 5.73 Å². The van der Waals surface area contributed by atoms with E-state index in [1.807, 2.05) is 23.5 Å². The van der Waals surface area contributed by atoms with E-state index in [9.17, 15) is 0 Å². The summed E-state index contributed by atoms with van der Waals surface area (Å²) in [6, 6.07) is 0. The molecule has 0 saturated heterocycles. The molecule has 0 aromatic rings. The van der Waals surface area contributed by atoms with E-state index in [4.69, 9.17) is 12.0 Å². The van der Waals surface area contributed by atoms with Crippen molar-refractivity contribution in [1.82, 2.24) is 0 Å². The third-order valence-electron chi connectivity index (χ3n) is 0.438. The van der Waals surface area contributed by atoms with Crippen molar-refractivity contribution in [1.29, 1.82) is 5.41 Å². The molecule has 0 aliphatic carbocycles. The van der Waals surface area contributed by atoms with Gasteiger partial charge in [0.2, 0.25) is 0 Å². The van der Waals surface area contributed by atoms with Crippen molar-refractivity contribution in [3.63, 3.8) is 0 Å². The minimum atomic E-state index is 0.859. The van der Waals surface area contributed by atoms with Gasteiger partial charge in [-0.05, 0) is 0 Å². The number of hydrogen-bond donors (Lipinski definition) is 2. The van der Waals surface area contributed by atoms with Gasteiger partial charge in [-0.3, -0.25) is 0 Å². The Bertz CT molecular complexity index is 139. The van der Waals surface area contributed by atoms with Crippen LogP contribution in [0, 0.1) is 12.0 Å². The van der Waals surface area contributed by atoms with Crippen LogP contribution in [0.4, 0.5) is 0 Å². The van der Waals surface area contributed by atoms with E-state index in [1.165, 1.54) is 25.7 Å². The molecule has 0 bridgehead atoms. The molecule has 0 spiro atoms. The molecule has 0 saturated carbocycles. The molecule has 0 atom stereocenters. The molecular formula is C7H10N2W-2. The van der Waals surface area contributed by atoms with E-state index in [0.717, 1.165) is 5.57 Å². The Balaban J connectivity index is 0. The molecule has 2 nitrogen and oxygen atoms in total. The number of hydrogen-bond acceptors (Lipinski definition) is 1. The zero-order valence-electron chi connectivity index (χ0n) is 5.79. The van der Waals surface area contributed by atoms with E-state index in [-0.39, 0.29) is 0 Å². The summed E-state index contributed by atoms with van der Waals surface area (Å²) < 4.78 is 2.02. The fourth-order valence-corrected chi connectivity index (χ4v) is 0.473. The van der Waals surface area contributed by atoms with Crippen LogP contribution in [0.15, 0.2) is 17.7 Å². The van der Waals surface area contributed by atoms with Gasteiger partial charge in [0.1, 0.15) is 0 Å². The van der Waals surface area contributed by atoms with E-state index in [0.29, 0.717) is 0 Å². The van der Waals surface area contributed by atoms with Gasteiger partial charge < -0.3 is 17.5 Å². The van der Waals surface area contributed by atoms with Gasteiger partial charge in [-0.15, -0.1) is 0 Å². The molecule has 0 aliphatic heterocycles. The van der Waals surface area contributed by atoms with Gasteiger partial charge in [0.15, 0.2) is 0 Å². The second-order valence-electron chi connectivity index (χ2n) is 1.38. The fourth-order valence-electron chi connectivity index (χ4n) is 0.191. The van der Waals surface area contributed by atoms with Gasteiger partial charge in [0.05, 0.1) is 0 Å². The first-order valence-corrected chi connectivity index (χ1v) is 4.21. The van der Waals surface area contributed by atoms with Crippen LogP contribution >= 0.6 is 0 Å². The Kier molecular flexibility index (Phi) is 13.8. The summed E-state index contributed by atoms with van der Waals surface area (Å²) in [5, 5.41) is 5.74. The van der Waals surface area contributed by atoms with E-state index in [1.54, 1.807) is 0 Å². The summed E-state index contributed by atoms with van der Waals surface area (Å²) in [7, 11) is 0. The van der Waals surface area contributed by atoms with Crippen molar-refractivity contribution in [2.45, 2.75) is 6.92 Å². The van der Waals surface area contributed by atoms with Crippen LogP contribution in [0.1, 0.15) is 6.92 Å². The molecule has 0 rings (SSSR count). The van der Waals surface area contributed by atoms with Gasteiger partial charge in [-0.2, -0.15) is 0 Å². The summed E-state index contributed by atoms with van der Waals surface area (Å²) in [6.07, 6.45) is 5.33. The Labute approximate surface area is 72.7 Å². The van der Waals surface area contributed by atoms with E-state index >= 15 is 0 Å². The van der Waals surface area contributed by atoms with Crippen molar-refractivity contribution >= 4 is 10.7 Å². The van der Waals surface area contributed by atoms with Crippen molar-refractivity contribution in [2.75, 3.05) is 0 Å². The van der Waals surface area contributed by atoms with Crippen LogP contribution in [0.2, 0.25) is 0 Å². The van der Waals surface area contributed by atoms with Crippen molar-refractivity contribution in [2.24, 2.45) is 5.73 Å². The fraction of sp³-hybridized carbons (Fsp3) is 0.143. The molecule has 0 aromatic carbocycles. The van der Waals surface area contributed by atoms with Gasteiger partial charge in [-0.1, -0.05) is 0 Å². The maximum absolute atomic E-state index is 5.74. The third kappa shape index (κ3) is 25.8. The molecule has 0 aliphatic rings. The third-order valence-corrected chi connectivity index (χ3v) is 1.00. The minimum absolute atomic E-state index is 0.859. The molecule has 0 unspecified atom stereocenters.